The fourth-order valence-electron chi connectivity index (χ4n) is 2.16. The lowest BCUT2D eigenvalue weighted by molar-refractivity contribution is 0.0313. The van der Waals surface area contributed by atoms with Crippen molar-refractivity contribution in [1.82, 2.24) is 15.1 Å². The predicted molar refractivity (Wildman–Crippen MR) is 80.3 cm³/mol. The highest BCUT2D eigenvalue weighted by Crippen LogP contribution is 2.16. The third-order valence-corrected chi connectivity index (χ3v) is 3.97. The van der Waals surface area contributed by atoms with Crippen LogP contribution in [0.1, 0.15) is 48.4 Å². The van der Waals surface area contributed by atoms with Gasteiger partial charge in [-0.1, -0.05) is 13.8 Å². The molecule has 1 aromatic rings. The Bertz CT molecular complexity index is 467. The molecule has 1 rings (SSSR count). The first kappa shape index (κ1) is 17.0. The van der Waals surface area contributed by atoms with E-state index in [-0.39, 0.29) is 12.5 Å². The quantitative estimate of drug-likeness (QED) is 0.757. The fourth-order valence-corrected chi connectivity index (χ4v) is 2.32. The zero-order chi connectivity index (χ0) is 15.3. The minimum Gasteiger partial charge on any atom is -0.388 e. The molecule has 114 valence electrons. The van der Waals surface area contributed by atoms with Gasteiger partial charge in [-0.15, -0.1) is 11.6 Å². The number of aliphatic hydroxyl groups is 1. The van der Waals surface area contributed by atoms with Crippen molar-refractivity contribution < 1.29 is 9.90 Å². The van der Waals surface area contributed by atoms with Gasteiger partial charge in [-0.3, -0.25) is 9.48 Å². The summed E-state index contributed by atoms with van der Waals surface area (Å²) in [7, 11) is 0. The van der Waals surface area contributed by atoms with Crippen LogP contribution < -0.4 is 5.32 Å². The lowest BCUT2D eigenvalue weighted by Gasteiger charge is -2.25. The third kappa shape index (κ3) is 3.73. The molecule has 0 aliphatic carbocycles. The molecule has 2 N–H and O–H groups in total. The second-order valence-corrected chi connectivity index (χ2v) is 5.45. The maximum atomic E-state index is 12.3. The Hall–Kier alpha value is -1.07. The second-order valence-electron chi connectivity index (χ2n) is 5.07. The van der Waals surface area contributed by atoms with Crippen LogP contribution in [0.5, 0.6) is 0 Å². The highest BCUT2D eigenvalue weighted by Gasteiger charge is 2.25. The van der Waals surface area contributed by atoms with Gasteiger partial charge in [0, 0.05) is 18.1 Å². The number of aryl methyl sites for hydroxylation is 2. The summed E-state index contributed by atoms with van der Waals surface area (Å²) >= 11 is 5.71. The molecule has 0 radical (unpaired) electrons. The van der Waals surface area contributed by atoms with Gasteiger partial charge >= 0.3 is 0 Å². The van der Waals surface area contributed by atoms with Crippen LogP contribution in [0.4, 0.5) is 0 Å². The smallest absolute Gasteiger partial charge is 0.255 e. The highest BCUT2D eigenvalue weighted by molar-refractivity contribution is 6.17. The van der Waals surface area contributed by atoms with Crippen LogP contribution in [-0.4, -0.2) is 38.8 Å². The first-order chi connectivity index (χ1) is 9.38. The second kappa shape index (κ2) is 7.09. The Balaban J connectivity index is 2.83. The van der Waals surface area contributed by atoms with E-state index in [1.807, 2.05) is 20.8 Å². The van der Waals surface area contributed by atoms with E-state index < -0.39 is 5.60 Å². The van der Waals surface area contributed by atoms with Gasteiger partial charge in [0.15, 0.2) is 0 Å². The van der Waals surface area contributed by atoms with Gasteiger partial charge < -0.3 is 10.4 Å². The molecule has 0 atom stereocenters. The molecule has 0 saturated carbocycles. The van der Waals surface area contributed by atoms with Gasteiger partial charge in [-0.2, -0.15) is 5.10 Å². The zero-order valence-electron chi connectivity index (χ0n) is 12.7. The largest absolute Gasteiger partial charge is 0.388 e. The molecule has 1 heterocycles. The predicted octanol–water partition coefficient (Wildman–Crippen LogP) is 2.02. The number of carbonyl (C=O) groups excluding carboxylic acids is 1. The average molecular weight is 302 g/mol. The molecule has 0 fully saturated rings. The lowest BCUT2D eigenvalue weighted by atomic mass is 9.97. The summed E-state index contributed by atoms with van der Waals surface area (Å²) in [5.74, 6) is 0.259. The summed E-state index contributed by atoms with van der Waals surface area (Å²) in [5, 5.41) is 17.3. The number of hydrogen-bond donors (Lipinski definition) is 2. The minimum atomic E-state index is -0.844. The highest BCUT2D eigenvalue weighted by atomic mass is 35.5. The molecule has 0 aliphatic heterocycles. The normalized spacial score (nSPS) is 11.7. The molecule has 0 spiro atoms. The summed E-state index contributed by atoms with van der Waals surface area (Å²) in [6.45, 7) is 8.30. The molecule has 1 aromatic heterocycles. The van der Waals surface area contributed by atoms with E-state index in [2.05, 4.69) is 10.4 Å². The summed E-state index contributed by atoms with van der Waals surface area (Å²) in [4.78, 5) is 12.3. The number of carbonyl (C=O) groups is 1. The van der Waals surface area contributed by atoms with E-state index in [1.54, 1.807) is 11.6 Å². The SMILES string of the molecule is CCC(O)(CC)CNC(=O)c1c(C)nn(CCCl)c1C. The van der Waals surface area contributed by atoms with Gasteiger partial charge in [-0.25, -0.2) is 0 Å². The first-order valence-corrected chi connectivity index (χ1v) is 7.52. The minimum absolute atomic E-state index is 0.193. The zero-order valence-corrected chi connectivity index (χ0v) is 13.4. The van der Waals surface area contributed by atoms with Gasteiger partial charge in [0.1, 0.15) is 0 Å². The Morgan fingerprint density at radius 3 is 2.50 bits per heavy atom. The monoisotopic (exact) mass is 301 g/mol. The first-order valence-electron chi connectivity index (χ1n) is 6.99. The number of amides is 1. The van der Waals surface area contributed by atoms with E-state index in [1.165, 1.54) is 0 Å². The van der Waals surface area contributed by atoms with Gasteiger partial charge in [0.25, 0.3) is 5.91 Å². The number of aromatic nitrogens is 2. The van der Waals surface area contributed by atoms with Crippen LogP contribution in [0.3, 0.4) is 0 Å². The van der Waals surface area contributed by atoms with Crippen molar-refractivity contribution in [3.63, 3.8) is 0 Å². The number of hydrogen-bond acceptors (Lipinski definition) is 3. The summed E-state index contributed by atoms with van der Waals surface area (Å²) in [6.07, 6.45) is 1.21. The van der Waals surface area contributed by atoms with Crippen LogP contribution >= 0.6 is 11.6 Å². The summed E-state index contributed by atoms with van der Waals surface area (Å²) < 4.78 is 1.74. The van der Waals surface area contributed by atoms with Crippen LogP contribution in [-0.2, 0) is 6.54 Å². The molecule has 5 nitrogen and oxygen atoms in total. The summed E-state index contributed by atoms with van der Waals surface area (Å²) in [5.41, 5.74) is 1.22. The topological polar surface area (TPSA) is 67.2 Å². The van der Waals surface area contributed by atoms with Crippen LogP contribution in [0.15, 0.2) is 0 Å². The molecular weight excluding hydrogens is 278 g/mol. The number of nitrogens with zero attached hydrogens (tertiary/aromatic N) is 2. The number of rotatable bonds is 7. The molecule has 0 saturated heterocycles. The maximum absolute atomic E-state index is 12.3. The van der Waals surface area contributed by atoms with Gasteiger partial charge in [0.05, 0.1) is 23.4 Å². The third-order valence-electron chi connectivity index (χ3n) is 3.80. The van der Waals surface area contributed by atoms with Crippen molar-refractivity contribution in [2.75, 3.05) is 12.4 Å². The van der Waals surface area contributed by atoms with Crippen LogP contribution in [0.25, 0.3) is 0 Å². The standard InChI is InChI=1S/C14H24ClN3O2/c1-5-14(20,6-2)9-16-13(19)12-10(3)17-18(8-7-15)11(12)4/h20H,5-9H2,1-4H3,(H,16,19). The summed E-state index contributed by atoms with van der Waals surface area (Å²) in [6, 6.07) is 0. The molecule has 0 aliphatic rings. The molecule has 0 bridgehead atoms. The number of nitrogens with one attached hydrogen (secondary N) is 1. The van der Waals surface area contributed by atoms with Crippen molar-refractivity contribution in [3.8, 4) is 0 Å². The Labute approximate surface area is 125 Å². The van der Waals surface area contributed by atoms with Crippen molar-refractivity contribution in [1.29, 1.82) is 0 Å². The molecule has 20 heavy (non-hydrogen) atoms. The van der Waals surface area contributed by atoms with E-state index >= 15 is 0 Å². The van der Waals surface area contributed by atoms with E-state index in [9.17, 15) is 9.90 Å². The lowest BCUT2D eigenvalue weighted by Crippen LogP contribution is -2.42. The number of halogens is 1. The average Bonchev–Trinajstić information content (AvgIpc) is 2.71. The van der Waals surface area contributed by atoms with Crippen molar-refractivity contribution in [2.45, 2.75) is 52.7 Å². The van der Waals surface area contributed by atoms with E-state index in [0.717, 1.165) is 5.69 Å². The Morgan fingerprint density at radius 2 is 2.00 bits per heavy atom. The molecular formula is C14H24ClN3O2. The maximum Gasteiger partial charge on any atom is 0.255 e. The van der Waals surface area contributed by atoms with Gasteiger partial charge in [0.2, 0.25) is 0 Å². The molecule has 6 heteroatoms. The van der Waals surface area contributed by atoms with Crippen molar-refractivity contribution >= 4 is 17.5 Å². The van der Waals surface area contributed by atoms with Crippen molar-refractivity contribution in [3.05, 3.63) is 17.0 Å². The molecule has 0 aromatic carbocycles. The van der Waals surface area contributed by atoms with E-state index in [4.69, 9.17) is 11.6 Å². The van der Waals surface area contributed by atoms with Gasteiger partial charge in [-0.05, 0) is 26.7 Å². The van der Waals surface area contributed by atoms with E-state index in [0.29, 0.717) is 36.5 Å². The molecule has 1 amide bonds. The Kier molecular flexibility index (Phi) is 6.02. The van der Waals surface area contributed by atoms with Crippen LogP contribution in [0, 0.1) is 13.8 Å². The van der Waals surface area contributed by atoms with Crippen molar-refractivity contribution in [2.24, 2.45) is 0 Å². The fraction of sp³-hybridized carbons (Fsp3) is 0.714. The number of alkyl halides is 1. The Morgan fingerprint density at radius 1 is 1.40 bits per heavy atom. The molecule has 0 unspecified atom stereocenters. The van der Waals surface area contributed by atoms with Crippen LogP contribution in [0.2, 0.25) is 0 Å².